The van der Waals surface area contributed by atoms with E-state index in [1.165, 1.54) is 6.07 Å². The number of hydrogen-bond acceptors (Lipinski definition) is 3. The van der Waals surface area contributed by atoms with Gasteiger partial charge in [-0.3, -0.25) is 4.79 Å². The van der Waals surface area contributed by atoms with Gasteiger partial charge in [0.2, 0.25) is 5.91 Å². The number of nitrogens with zero attached hydrogens (tertiary/aromatic N) is 2. The van der Waals surface area contributed by atoms with Crippen molar-refractivity contribution >= 4 is 23.2 Å². The van der Waals surface area contributed by atoms with E-state index in [4.69, 9.17) is 5.11 Å². The number of rotatable bonds is 4. The van der Waals surface area contributed by atoms with Gasteiger partial charge >= 0.3 is 5.97 Å². The molecule has 3 aromatic rings. The molecule has 0 saturated carbocycles. The zero-order valence-electron chi connectivity index (χ0n) is 12.5. The summed E-state index contributed by atoms with van der Waals surface area (Å²) in [5, 5.41) is 11.8. The minimum atomic E-state index is -1.08. The van der Waals surface area contributed by atoms with Crippen LogP contribution in [0.25, 0.3) is 5.65 Å². The molecule has 116 valence electrons. The number of aromatic nitrogens is 2. The fourth-order valence-electron chi connectivity index (χ4n) is 2.43. The number of carboxylic acids is 1. The van der Waals surface area contributed by atoms with E-state index in [9.17, 15) is 9.59 Å². The smallest absolute Gasteiger partial charge is 0.337 e. The maximum atomic E-state index is 12.2. The molecule has 0 unspecified atom stereocenters. The molecule has 0 aliphatic carbocycles. The van der Waals surface area contributed by atoms with Crippen LogP contribution >= 0.6 is 0 Å². The molecule has 2 heterocycles. The number of carbonyl (C=O) groups is 2. The maximum absolute atomic E-state index is 12.2. The Labute approximate surface area is 132 Å². The number of aromatic carboxylic acids is 1. The average molecular weight is 309 g/mol. The quantitative estimate of drug-likeness (QED) is 0.775. The van der Waals surface area contributed by atoms with Crippen LogP contribution in [0.4, 0.5) is 5.69 Å². The van der Waals surface area contributed by atoms with Crippen molar-refractivity contribution in [3.05, 3.63) is 65.6 Å². The van der Waals surface area contributed by atoms with Gasteiger partial charge in [-0.1, -0.05) is 18.2 Å². The first-order valence-electron chi connectivity index (χ1n) is 7.10. The van der Waals surface area contributed by atoms with E-state index >= 15 is 0 Å². The van der Waals surface area contributed by atoms with Gasteiger partial charge in [0, 0.05) is 12.4 Å². The zero-order valence-corrected chi connectivity index (χ0v) is 12.5. The summed E-state index contributed by atoms with van der Waals surface area (Å²) in [5.41, 5.74) is 2.80. The highest BCUT2D eigenvalue weighted by atomic mass is 16.4. The summed E-state index contributed by atoms with van der Waals surface area (Å²) in [4.78, 5) is 27.8. The fraction of sp³-hybridized carbons (Fsp3) is 0.118. The van der Waals surface area contributed by atoms with Crippen LogP contribution in [0.5, 0.6) is 0 Å². The lowest BCUT2D eigenvalue weighted by Crippen LogP contribution is -2.16. The van der Waals surface area contributed by atoms with E-state index in [2.05, 4.69) is 10.3 Å². The number of fused-ring (bicyclic) bond motifs is 1. The second-order valence-corrected chi connectivity index (χ2v) is 5.23. The number of para-hydroxylation sites is 1. The van der Waals surface area contributed by atoms with Crippen LogP contribution in [0, 0.1) is 6.92 Å². The van der Waals surface area contributed by atoms with Crippen molar-refractivity contribution in [2.45, 2.75) is 13.3 Å². The van der Waals surface area contributed by atoms with Gasteiger partial charge in [-0.05, 0) is 30.7 Å². The number of nitrogens with one attached hydrogen (secondary N) is 1. The minimum absolute atomic E-state index is 0.0618. The molecule has 2 aromatic heterocycles. The summed E-state index contributed by atoms with van der Waals surface area (Å²) in [6.45, 7) is 1.95. The van der Waals surface area contributed by atoms with Crippen LogP contribution in [0.3, 0.4) is 0 Å². The number of amides is 1. The Kier molecular flexibility index (Phi) is 3.80. The van der Waals surface area contributed by atoms with Crippen molar-refractivity contribution in [3.8, 4) is 0 Å². The molecule has 0 aliphatic rings. The molecule has 1 aromatic carbocycles. The first-order chi connectivity index (χ1) is 11.0. The topological polar surface area (TPSA) is 83.7 Å². The summed E-state index contributed by atoms with van der Waals surface area (Å²) >= 11 is 0. The molecular formula is C17H15N3O3. The normalized spacial score (nSPS) is 10.7. The Morgan fingerprint density at radius 3 is 2.74 bits per heavy atom. The Morgan fingerprint density at radius 2 is 2.00 bits per heavy atom. The van der Waals surface area contributed by atoms with Crippen molar-refractivity contribution in [1.29, 1.82) is 0 Å². The van der Waals surface area contributed by atoms with Crippen LogP contribution in [0.2, 0.25) is 0 Å². The molecule has 1 amide bonds. The van der Waals surface area contributed by atoms with Crippen LogP contribution in [-0.4, -0.2) is 26.4 Å². The molecule has 3 rings (SSSR count). The highest BCUT2D eigenvalue weighted by molar-refractivity contribution is 6.00. The van der Waals surface area contributed by atoms with Crippen LogP contribution in [0.15, 0.2) is 48.8 Å². The van der Waals surface area contributed by atoms with Gasteiger partial charge in [0.15, 0.2) is 0 Å². The van der Waals surface area contributed by atoms with Crippen molar-refractivity contribution in [2.75, 3.05) is 5.32 Å². The number of imidazole rings is 1. The number of hydrogen-bond donors (Lipinski definition) is 2. The largest absolute Gasteiger partial charge is 0.478 e. The standard InChI is InChI=1S/C17H15N3O3/c1-11-5-4-8-20-10-12(18-16(11)20)9-15(21)19-14-7-3-2-6-13(14)17(22)23/h2-8,10H,9H2,1H3,(H,19,21)(H,22,23). The van der Waals surface area contributed by atoms with Gasteiger partial charge in [-0.15, -0.1) is 0 Å². The number of pyridine rings is 1. The van der Waals surface area contributed by atoms with Crippen LogP contribution < -0.4 is 5.32 Å². The zero-order chi connectivity index (χ0) is 16.4. The summed E-state index contributed by atoms with van der Waals surface area (Å²) in [6, 6.07) is 10.2. The molecule has 0 spiro atoms. The number of carbonyl (C=O) groups excluding carboxylic acids is 1. The second-order valence-electron chi connectivity index (χ2n) is 5.23. The van der Waals surface area contributed by atoms with E-state index < -0.39 is 5.97 Å². The van der Waals surface area contributed by atoms with E-state index in [1.807, 2.05) is 29.7 Å². The van der Waals surface area contributed by atoms with Crippen molar-refractivity contribution in [3.63, 3.8) is 0 Å². The maximum Gasteiger partial charge on any atom is 0.337 e. The summed E-state index contributed by atoms with van der Waals surface area (Å²) in [6.07, 6.45) is 3.75. The highest BCUT2D eigenvalue weighted by Crippen LogP contribution is 2.16. The summed E-state index contributed by atoms with van der Waals surface area (Å²) in [7, 11) is 0. The lowest BCUT2D eigenvalue weighted by Gasteiger charge is -2.07. The molecule has 6 heteroatoms. The molecule has 0 saturated heterocycles. The van der Waals surface area contributed by atoms with Gasteiger partial charge < -0.3 is 14.8 Å². The van der Waals surface area contributed by atoms with E-state index in [0.717, 1.165) is 11.2 Å². The predicted octanol–water partition coefficient (Wildman–Crippen LogP) is 2.52. The van der Waals surface area contributed by atoms with Gasteiger partial charge in [0.25, 0.3) is 0 Å². The molecule has 0 radical (unpaired) electrons. The molecule has 23 heavy (non-hydrogen) atoms. The van der Waals surface area contributed by atoms with Gasteiger partial charge in [-0.25, -0.2) is 9.78 Å². The third-order valence-electron chi connectivity index (χ3n) is 3.50. The number of aryl methyl sites for hydroxylation is 1. The Morgan fingerprint density at radius 1 is 1.22 bits per heavy atom. The minimum Gasteiger partial charge on any atom is -0.478 e. The van der Waals surface area contributed by atoms with Crippen molar-refractivity contribution in [2.24, 2.45) is 0 Å². The third-order valence-corrected chi connectivity index (χ3v) is 3.50. The number of benzene rings is 1. The Balaban J connectivity index is 1.79. The Hall–Kier alpha value is -3.15. The number of carboxylic acid groups (broad SMARTS) is 1. The fourth-order valence-corrected chi connectivity index (χ4v) is 2.43. The van der Waals surface area contributed by atoms with E-state index in [0.29, 0.717) is 5.69 Å². The molecule has 0 atom stereocenters. The average Bonchev–Trinajstić information content (AvgIpc) is 2.91. The van der Waals surface area contributed by atoms with Gasteiger partial charge in [0.1, 0.15) is 5.65 Å². The van der Waals surface area contributed by atoms with Gasteiger partial charge in [-0.2, -0.15) is 0 Å². The van der Waals surface area contributed by atoms with Crippen molar-refractivity contribution in [1.82, 2.24) is 9.38 Å². The first-order valence-corrected chi connectivity index (χ1v) is 7.10. The van der Waals surface area contributed by atoms with E-state index in [1.54, 1.807) is 24.4 Å². The lowest BCUT2D eigenvalue weighted by molar-refractivity contribution is -0.115. The summed E-state index contributed by atoms with van der Waals surface area (Å²) in [5.74, 6) is -1.39. The SMILES string of the molecule is Cc1cccn2cc(CC(=O)Nc3ccccc3C(=O)O)nc12. The molecule has 2 N–H and O–H groups in total. The van der Waals surface area contributed by atoms with E-state index in [-0.39, 0.29) is 23.6 Å². The molecular weight excluding hydrogens is 294 g/mol. The number of anilines is 1. The monoisotopic (exact) mass is 309 g/mol. The second kappa shape index (κ2) is 5.92. The van der Waals surface area contributed by atoms with Crippen LogP contribution in [-0.2, 0) is 11.2 Å². The molecule has 6 nitrogen and oxygen atoms in total. The third kappa shape index (κ3) is 3.06. The first kappa shape index (κ1) is 14.8. The lowest BCUT2D eigenvalue weighted by atomic mass is 10.1. The summed E-state index contributed by atoms with van der Waals surface area (Å²) < 4.78 is 1.86. The molecule has 0 fully saturated rings. The molecule has 0 aliphatic heterocycles. The van der Waals surface area contributed by atoms with Crippen LogP contribution in [0.1, 0.15) is 21.6 Å². The highest BCUT2D eigenvalue weighted by Gasteiger charge is 2.13. The molecule has 0 bridgehead atoms. The Bertz CT molecular complexity index is 899. The predicted molar refractivity (Wildman–Crippen MR) is 85.7 cm³/mol. The van der Waals surface area contributed by atoms with Crippen molar-refractivity contribution < 1.29 is 14.7 Å². The van der Waals surface area contributed by atoms with Gasteiger partial charge in [0.05, 0.1) is 23.4 Å².